The Bertz CT molecular complexity index is 1490. The molecule has 0 aliphatic rings. The molecule has 0 fully saturated rings. The quantitative estimate of drug-likeness (QED) is 0.0903. The van der Waals surface area contributed by atoms with Gasteiger partial charge in [-0.05, 0) is 54.7 Å². The number of rotatable bonds is 15. The largest absolute Gasteiger partial charge is 0.493 e. The summed E-state index contributed by atoms with van der Waals surface area (Å²) in [4.78, 5) is 42.7. The van der Waals surface area contributed by atoms with Crippen LogP contribution in [0.4, 0.5) is 0 Å². The summed E-state index contributed by atoms with van der Waals surface area (Å²) in [7, 11) is 4.61. The van der Waals surface area contributed by atoms with Crippen molar-refractivity contribution in [3.8, 4) is 17.2 Å². The van der Waals surface area contributed by atoms with E-state index in [0.29, 0.717) is 42.2 Å². The van der Waals surface area contributed by atoms with Crippen LogP contribution in [0.1, 0.15) is 40.9 Å². The van der Waals surface area contributed by atoms with Gasteiger partial charge in [0.15, 0.2) is 11.5 Å². The maximum Gasteiger partial charge on any atom is 0.244 e. The minimum atomic E-state index is -0.877. The SMILES string of the molecule is COc1cc(CCC[C@H](CC(=O)NO)C(=O)N[C@@H](Cc2ccccc2)C(=O)c2cc3ccccc3[nH]2)cc(OC)c1OC. The van der Waals surface area contributed by atoms with Gasteiger partial charge in [0.25, 0.3) is 0 Å². The maximum absolute atomic E-state index is 13.7. The molecule has 0 spiro atoms. The molecule has 0 aliphatic heterocycles. The number of H-pyrrole nitrogens is 1. The summed E-state index contributed by atoms with van der Waals surface area (Å²) in [6.07, 6.45) is 1.45. The summed E-state index contributed by atoms with van der Waals surface area (Å²) < 4.78 is 16.3. The number of ether oxygens (including phenoxy) is 3. The molecule has 2 amide bonds. The number of carbonyl (C=O) groups excluding carboxylic acids is 3. The zero-order valence-electron chi connectivity index (χ0n) is 24.5. The molecule has 2 atom stereocenters. The van der Waals surface area contributed by atoms with E-state index < -0.39 is 23.8 Å². The number of benzene rings is 3. The fraction of sp³-hybridized carbons (Fsp3) is 0.303. The van der Waals surface area contributed by atoms with Crippen LogP contribution >= 0.6 is 0 Å². The second-order valence-corrected chi connectivity index (χ2v) is 10.2. The number of aryl methyl sites for hydroxylation is 1. The first-order valence-corrected chi connectivity index (χ1v) is 14.0. The third kappa shape index (κ3) is 7.92. The van der Waals surface area contributed by atoms with Crippen molar-refractivity contribution in [3.63, 3.8) is 0 Å². The molecule has 0 bridgehead atoms. The van der Waals surface area contributed by atoms with E-state index in [9.17, 15) is 19.6 Å². The third-order valence-corrected chi connectivity index (χ3v) is 7.38. The minimum Gasteiger partial charge on any atom is -0.493 e. The number of Topliss-reactive ketones (excluding diaryl/α,β-unsaturated/α-hetero) is 1. The summed E-state index contributed by atoms with van der Waals surface area (Å²) in [6, 6.07) is 21.6. The van der Waals surface area contributed by atoms with Crippen LogP contribution in [0.25, 0.3) is 10.9 Å². The van der Waals surface area contributed by atoms with Crippen molar-refractivity contribution in [1.29, 1.82) is 0 Å². The second kappa shape index (κ2) is 14.9. The Kier molecular flexibility index (Phi) is 10.8. The van der Waals surface area contributed by atoms with Crippen LogP contribution in [0.2, 0.25) is 0 Å². The highest BCUT2D eigenvalue weighted by atomic mass is 16.5. The number of nitrogens with one attached hydrogen (secondary N) is 3. The molecule has 10 nitrogen and oxygen atoms in total. The molecule has 1 aromatic heterocycles. The Morgan fingerprint density at radius 2 is 1.53 bits per heavy atom. The van der Waals surface area contributed by atoms with Crippen LogP contribution < -0.4 is 25.0 Å². The van der Waals surface area contributed by atoms with E-state index >= 15 is 0 Å². The highest BCUT2D eigenvalue weighted by molar-refractivity contribution is 6.04. The molecule has 0 saturated heterocycles. The molecule has 43 heavy (non-hydrogen) atoms. The van der Waals surface area contributed by atoms with E-state index in [1.165, 1.54) is 21.3 Å². The van der Waals surface area contributed by atoms with Crippen LogP contribution in [0.5, 0.6) is 17.2 Å². The molecule has 3 aromatic carbocycles. The van der Waals surface area contributed by atoms with Gasteiger partial charge in [0, 0.05) is 29.7 Å². The van der Waals surface area contributed by atoms with E-state index in [-0.39, 0.29) is 18.6 Å². The van der Waals surface area contributed by atoms with Crippen molar-refractivity contribution < 1.29 is 33.8 Å². The van der Waals surface area contributed by atoms with E-state index in [2.05, 4.69) is 10.3 Å². The number of hydrogen-bond acceptors (Lipinski definition) is 7. The van der Waals surface area contributed by atoms with Gasteiger partial charge in [0.2, 0.25) is 23.3 Å². The smallest absolute Gasteiger partial charge is 0.244 e. The fourth-order valence-corrected chi connectivity index (χ4v) is 5.17. The molecule has 4 rings (SSSR count). The molecule has 1 heterocycles. The number of para-hydroxylation sites is 1. The molecular weight excluding hydrogens is 550 g/mol. The van der Waals surface area contributed by atoms with Gasteiger partial charge in [-0.15, -0.1) is 0 Å². The zero-order chi connectivity index (χ0) is 30.8. The van der Waals surface area contributed by atoms with Gasteiger partial charge < -0.3 is 24.5 Å². The molecule has 0 radical (unpaired) electrons. The van der Waals surface area contributed by atoms with Crippen LogP contribution in [-0.4, -0.2) is 55.2 Å². The Morgan fingerprint density at radius 3 is 2.16 bits per heavy atom. The number of hydrogen-bond donors (Lipinski definition) is 4. The van der Waals surface area contributed by atoms with Gasteiger partial charge in [0.05, 0.1) is 33.1 Å². The average Bonchev–Trinajstić information content (AvgIpc) is 3.48. The van der Waals surface area contributed by atoms with Crippen LogP contribution in [0.15, 0.2) is 72.8 Å². The van der Waals surface area contributed by atoms with E-state index in [0.717, 1.165) is 22.0 Å². The van der Waals surface area contributed by atoms with E-state index in [1.54, 1.807) is 11.5 Å². The molecule has 0 unspecified atom stereocenters. The van der Waals surface area contributed by atoms with Gasteiger partial charge >= 0.3 is 0 Å². The number of ketones is 1. The van der Waals surface area contributed by atoms with Crippen molar-refractivity contribution >= 4 is 28.5 Å². The fourth-order valence-electron chi connectivity index (χ4n) is 5.17. The van der Waals surface area contributed by atoms with Crippen LogP contribution in [0.3, 0.4) is 0 Å². The number of amides is 2. The number of hydroxylamine groups is 1. The Balaban J connectivity index is 1.52. The molecule has 226 valence electrons. The van der Waals surface area contributed by atoms with E-state index in [1.807, 2.05) is 66.7 Å². The molecule has 0 aliphatic carbocycles. The predicted molar refractivity (Wildman–Crippen MR) is 162 cm³/mol. The first kappa shape index (κ1) is 31.1. The average molecular weight is 588 g/mol. The Hall–Kier alpha value is -4.83. The van der Waals surface area contributed by atoms with Crippen molar-refractivity contribution in [1.82, 2.24) is 15.8 Å². The molecule has 4 N–H and O–H groups in total. The molecular formula is C33H37N3O7. The lowest BCUT2D eigenvalue weighted by Gasteiger charge is -2.22. The number of fused-ring (bicyclic) bond motifs is 1. The standard InChI is InChI=1S/C33H37N3O7/c1-41-28-17-22(18-29(42-2)32(28)43-3)12-9-14-24(20-30(37)36-40)33(39)35-26(16-21-10-5-4-6-11-21)31(38)27-19-23-13-7-8-15-25(23)34-27/h4-8,10-11,13,15,17-19,24,26,34,40H,9,12,14,16,20H2,1-3H3,(H,35,39)(H,36,37)/t24-,26+/m1/s1. The Labute approximate surface area is 250 Å². The topological polar surface area (TPSA) is 139 Å². The summed E-state index contributed by atoms with van der Waals surface area (Å²) in [5, 5.41) is 13.0. The first-order valence-electron chi connectivity index (χ1n) is 14.0. The monoisotopic (exact) mass is 587 g/mol. The van der Waals surface area contributed by atoms with Crippen molar-refractivity contribution in [3.05, 3.63) is 89.6 Å². The van der Waals surface area contributed by atoms with Crippen LogP contribution in [0, 0.1) is 5.92 Å². The Morgan fingerprint density at radius 1 is 0.860 bits per heavy atom. The van der Waals surface area contributed by atoms with Crippen LogP contribution in [-0.2, 0) is 22.4 Å². The zero-order valence-corrected chi connectivity index (χ0v) is 24.5. The number of aromatic amines is 1. The molecule has 0 saturated carbocycles. The third-order valence-electron chi connectivity index (χ3n) is 7.38. The number of carbonyl (C=O) groups is 3. The van der Waals surface area contributed by atoms with Gasteiger partial charge in [-0.1, -0.05) is 48.5 Å². The van der Waals surface area contributed by atoms with Gasteiger partial charge in [0.1, 0.15) is 0 Å². The predicted octanol–water partition coefficient (Wildman–Crippen LogP) is 4.64. The molecule has 10 heteroatoms. The highest BCUT2D eigenvalue weighted by Crippen LogP contribution is 2.38. The van der Waals surface area contributed by atoms with Crippen molar-refractivity contribution in [2.24, 2.45) is 5.92 Å². The normalized spacial score (nSPS) is 12.3. The van der Waals surface area contributed by atoms with Gasteiger partial charge in [-0.3, -0.25) is 19.6 Å². The van der Waals surface area contributed by atoms with Crippen molar-refractivity contribution in [2.75, 3.05) is 21.3 Å². The van der Waals surface area contributed by atoms with E-state index in [4.69, 9.17) is 14.2 Å². The lowest BCUT2D eigenvalue weighted by atomic mass is 9.93. The lowest BCUT2D eigenvalue weighted by molar-refractivity contribution is -0.135. The number of methoxy groups -OCH3 is 3. The summed E-state index contributed by atoms with van der Waals surface area (Å²) >= 11 is 0. The summed E-state index contributed by atoms with van der Waals surface area (Å²) in [5.41, 5.74) is 4.60. The second-order valence-electron chi connectivity index (χ2n) is 10.2. The summed E-state index contributed by atoms with van der Waals surface area (Å²) in [5.74, 6) is -0.669. The minimum absolute atomic E-state index is 0.240. The first-order chi connectivity index (χ1) is 20.9. The van der Waals surface area contributed by atoms with Gasteiger partial charge in [-0.25, -0.2) is 5.48 Å². The molecule has 4 aromatic rings. The number of aromatic nitrogens is 1. The van der Waals surface area contributed by atoms with Gasteiger partial charge in [-0.2, -0.15) is 0 Å². The lowest BCUT2D eigenvalue weighted by Crippen LogP contribution is -2.46. The maximum atomic E-state index is 13.7. The van der Waals surface area contributed by atoms with Crippen molar-refractivity contribution in [2.45, 2.75) is 38.1 Å². The summed E-state index contributed by atoms with van der Waals surface area (Å²) in [6.45, 7) is 0. The highest BCUT2D eigenvalue weighted by Gasteiger charge is 2.29.